The summed E-state index contributed by atoms with van der Waals surface area (Å²) in [6.45, 7) is 4.12. The molecule has 0 saturated heterocycles. The standard InChI is InChI=1S/C7H10N2S/c1-6(2)9-7(10)4-3-5-8-9/h3-6H,1-2H3. The Morgan fingerprint density at radius 3 is 2.70 bits per heavy atom. The second-order valence-corrected chi connectivity index (χ2v) is 2.82. The number of hydrogen-bond donors (Lipinski definition) is 0. The van der Waals surface area contributed by atoms with Crippen LogP contribution in [0.4, 0.5) is 0 Å². The van der Waals surface area contributed by atoms with Gasteiger partial charge in [-0.25, -0.2) is 0 Å². The van der Waals surface area contributed by atoms with Crippen LogP contribution in [-0.4, -0.2) is 9.78 Å². The summed E-state index contributed by atoms with van der Waals surface area (Å²) in [5.41, 5.74) is 0. The SMILES string of the molecule is CC(C)n1ncccc1=S. The summed E-state index contributed by atoms with van der Waals surface area (Å²) in [6.07, 6.45) is 1.75. The van der Waals surface area contributed by atoms with E-state index in [-0.39, 0.29) is 0 Å². The summed E-state index contributed by atoms with van der Waals surface area (Å²) in [7, 11) is 0. The van der Waals surface area contributed by atoms with E-state index >= 15 is 0 Å². The van der Waals surface area contributed by atoms with Crippen molar-refractivity contribution in [1.82, 2.24) is 9.78 Å². The zero-order valence-corrected chi connectivity index (χ0v) is 6.93. The Kier molecular flexibility index (Phi) is 2.17. The molecule has 0 spiro atoms. The summed E-state index contributed by atoms with van der Waals surface area (Å²) in [4.78, 5) is 0. The van der Waals surface area contributed by atoms with Gasteiger partial charge in [-0.05, 0) is 26.0 Å². The van der Waals surface area contributed by atoms with E-state index < -0.39 is 0 Å². The van der Waals surface area contributed by atoms with Crippen LogP contribution in [0.25, 0.3) is 0 Å². The molecule has 0 atom stereocenters. The molecule has 1 aromatic heterocycles. The predicted molar refractivity (Wildman–Crippen MR) is 43.4 cm³/mol. The molecule has 54 valence electrons. The average Bonchev–Trinajstić information content (AvgIpc) is 1.88. The van der Waals surface area contributed by atoms with Crippen LogP contribution in [0.2, 0.25) is 0 Å². The van der Waals surface area contributed by atoms with Crippen LogP contribution in [0.5, 0.6) is 0 Å². The van der Waals surface area contributed by atoms with Crippen LogP contribution in [0, 0.1) is 4.64 Å². The number of nitrogens with zero attached hydrogens (tertiary/aromatic N) is 2. The Morgan fingerprint density at radius 2 is 2.30 bits per heavy atom. The van der Waals surface area contributed by atoms with Gasteiger partial charge in [-0.2, -0.15) is 5.10 Å². The van der Waals surface area contributed by atoms with Gasteiger partial charge in [-0.1, -0.05) is 12.2 Å². The normalized spacial score (nSPS) is 10.3. The van der Waals surface area contributed by atoms with E-state index in [2.05, 4.69) is 18.9 Å². The molecule has 3 heteroatoms. The lowest BCUT2D eigenvalue weighted by Gasteiger charge is -2.06. The van der Waals surface area contributed by atoms with Crippen LogP contribution in [0.1, 0.15) is 19.9 Å². The van der Waals surface area contributed by atoms with Gasteiger partial charge in [0.2, 0.25) is 0 Å². The van der Waals surface area contributed by atoms with Gasteiger partial charge in [0.25, 0.3) is 0 Å². The molecule has 0 aliphatic rings. The van der Waals surface area contributed by atoms with Gasteiger partial charge in [-0.15, -0.1) is 0 Å². The zero-order chi connectivity index (χ0) is 7.56. The molecule has 10 heavy (non-hydrogen) atoms. The fraction of sp³-hybridized carbons (Fsp3) is 0.429. The van der Waals surface area contributed by atoms with Crippen molar-refractivity contribution in [3.05, 3.63) is 23.0 Å². The quantitative estimate of drug-likeness (QED) is 0.577. The predicted octanol–water partition coefficient (Wildman–Crippen LogP) is 2.19. The third-order valence-electron chi connectivity index (χ3n) is 1.23. The first-order chi connectivity index (χ1) is 4.72. The van der Waals surface area contributed by atoms with Gasteiger partial charge in [0.15, 0.2) is 0 Å². The van der Waals surface area contributed by atoms with Crippen molar-refractivity contribution in [3.8, 4) is 0 Å². The van der Waals surface area contributed by atoms with Crippen LogP contribution in [-0.2, 0) is 0 Å². The van der Waals surface area contributed by atoms with Crippen molar-refractivity contribution in [2.45, 2.75) is 19.9 Å². The lowest BCUT2D eigenvalue weighted by atomic mass is 10.4. The third kappa shape index (κ3) is 1.42. The van der Waals surface area contributed by atoms with Crippen LogP contribution >= 0.6 is 12.2 Å². The first-order valence-corrected chi connectivity index (χ1v) is 3.66. The molecule has 0 amide bonds. The maximum atomic E-state index is 5.03. The maximum absolute atomic E-state index is 5.03. The van der Waals surface area contributed by atoms with Crippen LogP contribution < -0.4 is 0 Å². The monoisotopic (exact) mass is 154 g/mol. The molecule has 1 aromatic rings. The van der Waals surface area contributed by atoms with Gasteiger partial charge in [0.05, 0.1) is 0 Å². The largest absolute Gasteiger partial charge is 0.252 e. The lowest BCUT2D eigenvalue weighted by molar-refractivity contribution is 0.513. The summed E-state index contributed by atoms with van der Waals surface area (Å²) >= 11 is 5.03. The summed E-state index contributed by atoms with van der Waals surface area (Å²) in [5.74, 6) is 0. The fourth-order valence-electron chi connectivity index (χ4n) is 0.757. The minimum atomic E-state index is 0.355. The van der Waals surface area contributed by atoms with E-state index in [9.17, 15) is 0 Å². The number of rotatable bonds is 1. The topological polar surface area (TPSA) is 17.8 Å². The molecule has 2 nitrogen and oxygen atoms in total. The smallest absolute Gasteiger partial charge is 0.122 e. The van der Waals surface area contributed by atoms with E-state index in [1.807, 2.05) is 16.8 Å². The molecule has 0 aliphatic heterocycles. The highest BCUT2D eigenvalue weighted by Crippen LogP contribution is 2.00. The van der Waals surface area contributed by atoms with Crippen molar-refractivity contribution in [3.63, 3.8) is 0 Å². The van der Waals surface area contributed by atoms with E-state index in [0.717, 1.165) is 4.64 Å². The van der Waals surface area contributed by atoms with E-state index in [4.69, 9.17) is 12.2 Å². The second-order valence-electron chi connectivity index (χ2n) is 2.40. The minimum absolute atomic E-state index is 0.355. The van der Waals surface area contributed by atoms with Crippen molar-refractivity contribution in [2.75, 3.05) is 0 Å². The maximum Gasteiger partial charge on any atom is 0.122 e. The molecule has 0 saturated carbocycles. The van der Waals surface area contributed by atoms with Crippen LogP contribution in [0.3, 0.4) is 0 Å². The Balaban J connectivity index is 3.16. The first-order valence-electron chi connectivity index (χ1n) is 3.25. The van der Waals surface area contributed by atoms with Gasteiger partial charge >= 0.3 is 0 Å². The van der Waals surface area contributed by atoms with E-state index in [0.29, 0.717) is 6.04 Å². The van der Waals surface area contributed by atoms with Gasteiger partial charge in [0.1, 0.15) is 4.64 Å². The van der Waals surface area contributed by atoms with Crippen molar-refractivity contribution in [1.29, 1.82) is 0 Å². The molecule has 0 fully saturated rings. The Labute approximate surface area is 65.5 Å². The minimum Gasteiger partial charge on any atom is -0.252 e. The van der Waals surface area contributed by atoms with E-state index in [1.54, 1.807) is 6.20 Å². The number of hydrogen-bond acceptors (Lipinski definition) is 2. The fourth-order valence-corrected chi connectivity index (χ4v) is 1.09. The highest BCUT2D eigenvalue weighted by molar-refractivity contribution is 7.71. The Morgan fingerprint density at radius 1 is 1.60 bits per heavy atom. The molecule has 0 aliphatic carbocycles. The van der Waals surface area contributed by atoms with Gasteiger partial charge < -0.3 is 0 Å². The third-order valence-corrected chi connectivity index (χ3v) is 1.55. The average molecular weight is 154 g/mol. The second kappa shape index (κ2) is 2.92. The Bertz CT molecular complexity index is 264. The molecule has 0 radical (unpaired) electrons. The van der Waals surface area contributed by atoms with Crippen molar-refractivity contribution >= 4 is 12.2 Å². The van der Waals surface area contributed by atoms with Gasteiger partial charge in [0, 0.05) is 12.2 Å². The molecule has 1 heterocycles. The molecule has 1 rings (SSSR count). The van der Waals surface area contributed by atoms with Crippen molar-refractivity contribution < 1.29 is 0 Å². The van der Waals surface area contributed by atoms with Gasteiger partial charge in [-0.3, -0.25) is 4.68 Å². The molecule has 0 aromatic carbocycles. The summed E-state index contributed by atoms with van der Waals surface area (Å²) in [6, 6.07) is 4.08. The van der Waals surface area contributed by atoms with Crippen LogP contribution in [0.15, 0.2) is 18.3 Å². The lowest BCUT2D eigenvalue weighted by Crippen LogP contribution is -2.05. The molecular formula is C7H10N2S. The summed E-state index contributed by atoms with van der Waals surface area (Å²) < 4.78 is 2.60. The molecule has 0 bridgehead atoms. The molecule has 0 N–H and O–H groups in total. The molecule has 0 unspecified atom stereocenters. The zero-order valence-electron chi connectivity index (χ0n) is 6.11. The summed E-state index contributed by atoms with van der Waals surface area (Å²) in [5, 5.41) is 4.09. The highest BCUT2D eigenvalue weighted by Gasteiger charge is 1.94. The molecular weight excluding hydrogens is 144 g/mol. The highest BCUT2D eigenvalue weighted by atomic mass is 32.1. The van der Waals surface area contributed by atoms with E-state index in [1.165, 1.54) is 0 Å². The number of aromatic nitrogens is 2. The first kappa shape index (κ1) is 7.41. The van der Waals surface area contributed by atoms with Crippen molar-refractivity contribution in [2.24, 2.45) is 0 Å². The Hall–Kier alpha value is -0.700.